The molecule has 0 spiro atoms. The molecule has 2 rings (SSSR count). The molecule has 96 valence electrons. The lowest BCUT2D eigenvalue weighted by molar-refractivity contribution is 0.0149. The van der Waals surface area contributed by atoms with Gasteiger partial charge in [0.1, 0.15) is 11.1 Å². The summed E-state index contributed by atoms with van der Waals surface area (Å²) >= 11 is 1.78. The molecule has 1 aromatic rings. The summed E-state index contributed by atoms with van der Waals surface area (Å²) in [5, 5.41) is 1.09. The molecule has 1 heterocycles. The van der Waals surface area contributed by atoms with E-state index < -0.39 is 0 Å². The largest absolute Gasteiger partial charge is 0.374 e. The predicted molar refractivity (Wildman–Crippen MR) is 71.2 cm³/mol. The standard InChI is InChI=1S/C13H22N2OS/c1-13(2,3)11(16-4)12-15-10-8(14)6-5-7-9(10)17-12/h8,11H,5-7,14H2,1-4H3. The van der Waals surface area contributed by atoms with Crippen LogP contribution in [0.1, 0.15) is 61.3 Å². The van der Waals surface area contributed by atoms with E-state index in [1.165, 1.54) is 11.3 Å². The van der Waals surface area contributed by atoms with Crippen LogP contribution in [0.25, 0.3) is 0 Å². The van der Waals surface area contributed by atoms with Crippen molar-refractivity contribution in [1.82, 2.24) is 4.98 Å². The van der Waals surface area contributed by atoms with Crippen LogP contribution in [-0.4, -0.2) is 12.1 Å². The Morgan fingerprint density at radius 3 is 2.71 bits per heavy atom. The minimum atomic E-state index is 0.0605. The first-order valence-corrected chi connectivity index (χ1v) is 7.03. The van der Waals surface area contributed by atoms with Gasteiger partial charge in [-0.3, -0.25) is 0 Å². The van der Waals surface area contributed by atoms with Crippen LogP contribution in [0.4, 0.5) is 0 Å². The van der Waals surface area contributed by atoms with Gasteiger partial charge in [0.25, 0.3) is 0 Å². The van der Waals surface area contributed by atoms with Crippen LogP contribution in [0.3, 0.4) is 0 Å². The second-order valence-corrected chi connectivity index (χ2v) is 6.96. The minimum absolute atomic E-state index is 0.0605. The predicted octanol–water partition coefficient (Wildman–Crippen LogP) is 3.21. The molecule has 0 amide bonds. The summed E-state index contributed by atoms with van der Waals surface area (Å²) in [7, 11) is 1.76. The van der Waals surface area contributed by atoms with Crippen molar-refractivity contribution >= 4 is 11.3 Å². The first-order valence-electron chi connectivity index (χ1n) is 6.21. The fourth-order valence-electron chi connectivity index (χ4n) is 2.41. The summed E-state index contributed by atoms with van der Waals surface area (Å²) in [4.78, 5) is 6.10. The molecule has 1 aromatic heterocycles. The van der Waals surface area contributed by atoms with Crippen molar-refractivity contribution in [2.24, 2.45) is 11.1 Å². The molecule has 0 radical (unpaired) electrons. The van der Waals surface area contributed by atoms with Gasteiger partial charge in [-0.25, -0.2) is 4.98 Å². The lowest BCUT2D eigenvalue weighted by atomic mass is 9.89. The van der Waals surface area contributed by atoms with E-state index >= 15 is 0 Å². The first-order chi connectivity index (χ1) is 7.93. The van der Waals surface area contributed by atoms with E-state index in [-0.39, 0.29) is 17.6 Å². The van der Waals surface area contributed by atoms with Crippen molar-refractivity contribution in [2.45, 2.75) is 52.2 Å². The summed E-state index contributed by atoms with van der Waals surface area (Å²) in [6.45, 7) is 6.55. The summed E-state index contributed by atoms with van der Waals surface area (Å²) in [6.07, 6.45) is 3.43. The van der Waals surface area contributed by atoms with Gasteiger partial charge in [0.05, 0.1) is 5.69 Å². The van der Waals surface area contributed by atoms with E-state index in [9.17, 15) is 0 Å². The van der Waals surface area contributed by atoms with E-state index in [1.54, 1.807) is 18.4 Å². The van der Waals surface area contributed by atoms with Crippen molar-refractivity contribution in [1.29, 1.82) is 0 Å². The van der Waals surface area contributed by atoms with Gasteiger partial charge in [-0.2, -0.15) is 0 Å². The molecule has 2 N–H and O–H groups in total. The van der Waals surface area contributed by atoms with E-state index in [0.29, 0.717) is 0 Å². The Bertz CT molecular complexity index is 395. The van der Waals surface area contributed by atoms with Crippen LogP contribution in [0, 0.1) is 5.41 Å². The van der Waals surface area contributed by atoms with Gasteiger partial charge in [-0.1, -0.05) is 20.8 Å². The third-order valence-corrected chi connectivity index (χ3v) is 4.44. The van der Waals surface area contributed by atoms with E-state index in [2.05, 4.69) is 20.8 Å². The number of nitrogens with zero attached hydrogens (tertiary/aromatic N) is 1. The Balaban J connectivity index is 2.34. The highest BCUT2D eigenvalue weighted by molar-refractivity contribution is 7.11. The summed E-state index contributed by atoms with van der Waals surface area (Å²) in [5.74, 6) is 0. The molecular formula is C13H22N2OS. The first kappa shape index (κ1) is 13.0. The summed E-state index contributed by atoms with van der Waals surface area (Å²) < 4.78 is 5.62. The Kier molecular flexibility index (Phi) is 3.57. The summed E-state index contributed by atoms with van der Waals surface area (Å²) in [6, 6.07) is 0.126. The Hall–Kier alpha value is -0.450. The molecule has 17 heavy (non-hydrogen) atoms. The maximum atomic E-state index is 6.11. The third kappa shape index (κ3) is 2.54. The maximum Gasteiger partial charge on any atom is 0.123 e. The molecule has 0 bridgehead atoms. The van der Waals surface area contributed by atoms with Crippen molar-refractivity contribution < 1.29 is 4.74 Å². The van der Waals surface area contributed by atoms with Gasteiger partial charge >= 0.3 is 0 Å². The van der Waals surface area contributed by atoms with Crippen LogP contribution in [-0.2, 0) is 11.2 Å². The fourth-order valence-corrected chi connectivity index (χ4v) is 3.91. The Labute approximate surface area is 107 Å². The molecule has 0 aliphatic heterocycles. The third-order valence-electron chi connectivity index (χ3n) is 3.26. The number of hydrogen-bond acceptors (Lipinski definition) is 4. The molecule has 1 aliphatic carbocycles. The monoisotopic (exact) mass is 254 g/mol. The van der Waals surface area contributed by atoms with Crippen LogP contribution < -0.4 is 5.73 Å². The van der Waals surface area contributed by atoms with Crippen LogP contribution in [0.5, 0.6) is 0 Å². The number of thiazole rings is 1. The highest BCUT2D eigenvalue weighted by atomic mass is 32.1. The van der Waals surface area contributed by atoms with Crippen LogP contribution in [0.2, 0.25) is 0 Å². The number of rotatable bonds is 2. The molecule has 4 heteroatoms. The number of aromatic nitrogens is 1. The highest BCUT2D eigenvalue weighted by Crippen LogP contribution is 2.41. The molecule has 0 aromatic carbocycles. The lowest BCUT2D eigenvalue weighted by Crippen LogP contribution is -2.20. The smallest absolute Gasteiger partial charge is 0.123 e. The number of nitrogens with two attached hydrogens (primary N) is 1. The Morgan fingerprint density at radius 2 is 2.18 bits per heavy atom. The molecule has 2 atom stereocenters. The second kappa shape index (κ2) is 4.67. The quantitative estimate of drug-likeness (QED) is 0.881. The Morgan fingerprint density at radius 1 is 1.47 bits per heavy atom. The van der Waals surface area contributed by atoms with Crippen molar-refractivity contribution in [2.75, 3.05) is 7.11 Å². The molecule has 0 fully saturated rings. The summed E-state index contributed by atoms with van der Waals surface area (Å²) in [5.41, 5.74) is 7.30. The molecular weight excluding hydrogens is 232 g/mol. The van der Waals surface area contributed by atoms with Crippen molar-refractivity contribution in [3.8, 4) is 0 Å². The van der Waals surface area contributed by atoms with Crippen LogP contribution >= 0.6 is 11.3 Å². The average molecular weight is 254 g/mol. The van der Waals surface area contributed by atoms with Gasteiger partial charge in [0, 0.05) is 18.0 Å². The topological polar surface area (TPSA) is 48.1 Å². The normalized spacial score (nSPS) is 22.3. The lowest BCUT2D eigenvalue weighted by Gasteiger charge is -2.27. The zero-order chi connectivity index (χ0) is 12.6. The average Bonchev–Trinajstić information content (AvgIpc) is 2.61. The highest BCUT2D eigenvalue weighted by Gasteiger charge is 2.31. The van der Waals surface area contributed by atoms with Crippen molar-refractivity contribution in [3.05, 3.63) is 15.6 Å². The number of aryl methyl sites for hydroxylation is 1. The van der Waals surface area contributed by atoms with Gasteiger partial charge in [-0.15, -0.1) is 11.3 Å². The second-order valence-electron chi connectivity index (χ2n) is 5.84. The number of ether oxygens (including phenoxy) is 1. The van der Waals surface area contributed by atoms with Gasteiger partial charge in [0.2, 0.25) is 0 Å². The molecule has 1 aliphatic rings. The molecule has 3 nitrogen and oxygen atoms in total. The fraction of sp³-hybridized carbons (Fsp3) is 0.769. The molecule has 0 saturated carbocycles. The van der Waals surface area contributed by atoms with E-state index in [4.69, 9.17) is 15.5 Å². The minimum Gasteiger partial charge on any atom is -0.374 e. The van der Waals surface area contributed by atoms with Gasteiger partial charge in [-0.05, 0) is 24.7 Å². The van der Waals surface area contributed by atoms with E-state index in [1.807, 2.05) is 0 Å². The van der Waals surface area contributed by atoms with Crippen LogP contribution in [0.15, 0.2) is 0 Å². The van der Waals surface area contributed by atoms with Crippen molar-refractivity contribution in [3.63, 3.8) is 0 Å². The van der Waals surface area contributed by atoms with Gasteiger partial charge in [0.15, 0.2) is 0 Å². The van der Waals surface area contributed by atoms with E-state index in [0.717, 1.165) is 23.5 Å². The van der Waals surface area contributed by atoms with Gasteiger partial charge < -0.3 is 10.5 Å². The zero-order valence-corrected chi connectivity index (χ0v) is 11.9. The zero-order valence-electron chi connectivity index (χ0n) is 11.1. The number of fused-ring (bicyclic) bond motifs is 1. The number of hydrogen-bond donors (Lipinski definition) is 1. The number of methoxy groups -OCH3 is 1. The molecule has 2 unspecified atom stereocenters. The SMILES string of the molecule is COC(c1nc2c(s1)CCCC2N)C(C)(C)C. The molecule has 0 saturated heterocycles. The maximum absolute atomic E-state index is 6.11.